The summed E-state index contributed by atoms with van der Waals surface area (Å²) in [5.41, 5.74) is 0. The van der Waals surface area contributed by atoms with Gasteiger partial charge < -0.3 is 9.64 Å². The number of hydrogen-bond donors (Lipinski definition) is 0. The van der Waals surface area contributed by atoms with Crippen LogP contribution >= 0.6 is 23.4 Å². The zero-order valence-corrected chi connectivity index (χ0v) is 11.4. The Bertz CT molecular complexity index is 178. The highest BCUT2D eigenvalue weighted by Crippen LogP contribution is 2.30. The van der Waals surface area contributed by atoms with Crippen molar-refractivity contribution in [3.63, 3.8) is 0 Å². The molecule has 15 heavy (non-hydrogen) atoms. The van der Waals surface area contributed by atoms with E-state index < -0.39 is 0 Å². The second kappa shape index (κ2) is 7.00. The molecule has 0 amide bonds. The predicted octanol–water partition coefficient (Wildman–Crippen LogP) is 2.46. The standard InChI is InChI=1S/C11H22ClNOS/c1-11(2)3-5-13(7-10-15-11)6-9-14-8-4-12/h3-10H2,1-2H3. The van der Waals surface area contributed by atoms with E-state index in [9.17, 15) is 0 Å². The van der Waals surface area contributed by atoms with Crippen LogP contribution in [0, 0.1) is 0 Å². The minimum absolute atomic E-state index is 0.450. The highest BCUT2D eigenvalue weighted by Gasteiger charge is 2.23. The number of ether oxygens (including phenoxy) is 1. The maximum atomic E-state index is 5.54. The van der Waals surface area contributed by atoms with Crippen molar-refractivity contribution in [3.8, 4) is 0 Å². The predicted molar refractivity (Wildman–Crippen MR) is 69.1 cm³/mol. The number of nitrogens with zero attached hydrogens (tertiary/aromatic N) is 1. The Morgan fingerprint density at radius 2 is 2.13 bits per heavy atom. The molecule has 1 aliphatic rings. The Morgan fingerprint density at radius 3 is 2.87 bits per heavy atom. The van der Waals surface area contributed by atoms with Crippen LogP contribution in [0.3, 0.4) is 0 Å². The molecule has 0 aliphatic carbocycles. The number of halogens is 1. The lowest BCUT2D eigenvalue weighted by Gasteiger charge is -2.22. The Balaban J connectivity index is 2.14. The van der Waals surface area contributed by atoms with Crippen LogP contribution in [0.1, 0.15) is 20.3 Å². The van der Waals surface area contributed by atoms with Crippen molar-refractivity contribution in [1.29, 1.82) is 0 Å². The molecule has 1 saturated heterocycles. The van der Waals surface area contributed by atoms with Crippen molar-refractivity contribution in [3.05, 3.63) is 0 Å². The SMILES string of the molecule is CC1(C)CCN(CCOCCCl)CCS1. The van der Waals surface area contributed by atoms with E-state index >= 15 is 0 Å². The average Bonchev–Trinajstić information content (AvgIpc) is 2.35. The second-order valence-corrected chi connectivity index (χ2v) is 6.68. The third kappa shape index (κ3) is 6.00. The van der Waals surface area contributed by atoms with Gasteiger partial charge in [-0.1, -0.05) is 13.8 Å². The van der Waals surface area contributed by atoms with Gasteiger partial charge in [-0.25, -0.2) is 0 Å². The van der Waals surface area contributed by atoms with Crippen LogP contribution in [0.2, 0.25) is 0 Å². The van der Waals surface area contributed by atoms with Crippen LogP contribution in [-0.2, 0) is 4.74 Å². The normalized spacial score (nSPS) is 22.6. The van der Waals surface area contributed by atoms with Crippen LogP contribution in [0.5, 0.6) is 0 Å². The van der Waals surface area contributed by atoms with Gasteiger partial charge in [0.1, 0.15) is 0 Å². The van der Waals surface area contributed by atoms with Crippen LogP contribution in [0.15, 0.2) is 0 Å². The third-order valence-electron chi connectivity index (χ3n) is 2.70. The van der Waals surface area contributed by atoms with Crippen LogP contribution in [-0.4, -0.2) is 54.1 Å². The van der Waals surface area contributed by atoms with Crippen molar-refractivity contribution in [2.75, 3.05) is 44.5 Å². The van der Waals surface area contributed by atoms with E-state index in [1.54, 1.807) is 0 Å². The number of thioether (sulfide) groups is 1. The second-order valence-electron chi connectivity index (χ2n) is 4.50. The van der Waals surface area contributed by atoms with E-state index in [-0.39, 0.29) is 0 Å². The molecule has 90 valence electrons. The van der Waals surface area contributed by atoms with Crippen molar-refractivity contribution in [2.24, 2.45) is 0 Å². The monoisotopic (exact) mass is 251 g/mol. The fourth-order valence-electron chi connectivity index (χ4n) is 1.64. The quantitative estimate of drug-likeness (QED) is 0.550. The highest BCUT2D eigenvalue weighted by molar-refractivity contribution is 8.00. The van der Waals surface area contributed by atoms with Crippen LogP contribution < -0.4 is 0 Å². The summed E-state index contributed by atoms with van der Waals surface area (Å²) in [5.74, 6) is 1.84. The molecule has 2 nitrogen and oxygen atoms in total. The minimum Gasteiger partial charge on any atom is -0.379 e. The molecule has 0 aromatic heterocycles. The summed E-state index contributed by atoms with van der Waals surface area (Å²) in [6, 6.07) is 0. The Kier molecular flexibility index (Phi) is 6.36. The molecule has 0 radical (unpaired) electrons. The average molecular weight is 252 g/mol. The van der Waals surface area contributed by atoms with E-state index in [4.69, 9.17) is 16.3 Å². The largest absolute Gasteiger partial charge is 0.379 e. The Morgan fingerprint density at radius 1 is 1.33 bits per heavy atom. The molecule has 1 aliphatic heterocycles. The molecule has 0 bridgehead atoms. The van der Waals surface area contributed by atoms with Gasteiger partial charge in [0, 0.05) is 29.5 Å². The number of hydrogen-bond acceptors (Lipinski definition) is 3. The van der Waals surface area contributed by atoms with Gasteiger partial charge in [0.05, 0.1) is 13.2 Å². The molecule has 0 unspecified atom stereocenters. The van der Waals surface area contributed by atoms with Crippen molar-refractivity contribution < 1.29 is 4.74 Å². The number of alkyl halides is 1. The lowest BCUT2D eigenvalue weighted by molar-refractivity contribution is 0.116. The van der Waals surface area contributed by atoms with Gasteiger partial charge in [-0.2, -0.15) is 11.8 Å². The summed E-state index contributed by atoms with van der Waals surface area (Å²) < 4.78 is 5.85. The number of rotatable bonds is 5. The fraction of sp³-hybridized carbons (Fsp3) is 1.00. The van der Waals surface area contributed by atoms with Gasteiger partial charge in [-0.05, 0) is 13.0 Å². The van der Waals surface area contributed by atoms with Gasteiger partial charge in [0.15, 0.2) is 0 Å². The zero-order chi connectivity index (χ0) is 11.1. The summed E-state index contributed by atoms with van der Waals surface area (Å²) in [4.78, 5) is 2.50. The zero-order valence-electron chi connectivity index (χ0n) is 9.80. The van der Waals surface area contributed by atoms with E-state index in [2.05, 4.69) is 30.5 Å². The Hall–Kier alpha value is 0.560. The molecule has 4 heteroatoms. The maximum absolute atomic E-state index is 5.54. The van der Waals surface area contributed by atoms with Crippen molar-refractivity contribution in [1.82, 2.24) is 4.90 Å². The minimum atomic E-state index is 0.450. The Labute approximate surface area is 103 Å². The van der Waals surface area contributed by atoms with Crippen molar-refractivity contribution in [2.45, 2.75) is 25.0 Å². The summed E-state index contributed by atoms with van der Waals surface area (Å²) in [6.07, 6.45) is 1.27. The molecular weight excluding hydrogens is 230 g/mol. The fourth-order valence-corrected chi connectivity index (χ4v) is 2.88. The molecule has 1 rings (SSSR count). The van der Waals surface area contributed by atoms with Gasteiger partial charge >= 0.3 is 0 Å². The molecule has 0 aromatic carbocycles. The van der Waals surface area contributed by atoms with Crippen LogP contribution in [0.4, 0.5) is 0 Å². The molecular formula is C11H22ClNOS. The van der Waals surface area contributed by atoms with Crippen molar-refractivity contribution >= 4 is 23.4 Å². The maximum Gasteiger partial charge on any atom is 0.0602 e. The van der Waals surface area contributed by atoms with Gasteiger partial charge in [0.25, 0.3) is 0 Å². The van der Waals surface area contributed by atoms with Gasteiger partial charge in [0.2, 0.25) is 0 Å². The van der Waals surface area contributed by atoms with E-state index in [0.29, 0.717) is 17.2 Å². The van der Waals surface area contributed by atoms with Gasteiger partial charge in [-0.15, -0.1) is 11.6 Å². The highest BCUT2D eigenvalue weighted by atomic mass is 35.5. The first-order valence-corrected chi connectivity index (χ1v) is 7.16. The summed E-state index contributed by atoms with van der Waals surface area (Å²) in [5, 5.41) is 0. The molecule has 0 saturated carbocycles. The third-order valence-corrected chi connectivity index (χ3v) is 4.23. The summed E-state index contributed by atoms with van der Waals surface area (Å²) in [6.45, 7) is 9.61. The summed E-state index contributed by atoms with van der Waals surface area (Å²) in [7, 11) is 0. The first-order valence-electron chi connectivity index (χ1n) is 5.64. The molecule has 0 aromatic rings. The molecule has 0 spiro atoms. The van der Waals surface area contributed by atoms with Gasteiger partial charge in [-0.3, -0.25) is 0 Å². The topological polar surface area (TPSA) is 12.5 Å². The molecule has 1 heterocycles. The van der Waals surface area contributed by atoms with E-state index in [0.717, 1.165) is 13.2 Å². The smallest absolute Gasteiger partial charge is 0.0602 e. The first kappa shape index (κ1) is 13.6. The summed E-state index contributed by atoms with van der Waals surface area (Å²) >= 11 is 7.63. The molecule has 0 N–H and O–H groups in total. The lowest BCUT2D eigenvalue weighted by atomic mass is 10.1. The van der Waals surface area contributed by atoms with E-state index in [1.807, 2.05) is 0 Å². The first-order chi connectivity index (χ1) is 7.14. The molecule has 0 atom stereocenters. The van der Waals surface area contributed by atoms with Crippen LogP contribution in [0.25, 0.3) is 0 Å². The van der Waals surface area contributed by atoms with E-state index in [1.165, 1.54) is 25.3 Å². The molecule has 1 fully saturated rings. The lowest BCUT2D eigenvalue weighted by Crippen LogP contribution is -2.30.